The molecule has 0 bridgehead atoms. The SMILES string of the molecule is NC(=O)c1cc2c(nc1-c1cccc(CO)c1)CCC2. The predicted molar refractivity (Wildman–Crippen MR) is 76.1 cm³/mol. The molecule has 0 saturated heterocycles. The van der Waals surface area contributed by atoms with Crippen LogP contribution in [-0.4, -0.2) is 16.0 Å². The molecule has 1 aromatic carbocycles. The Morgan fingerprint density at radius 3 is 2.90 bits per heavy atom. The molecule has 2 aromatic rings. The van der Waals surface area contributed by atoms with Crippen LogP contribution in [0.4, 0.5) is 0 Å². The first kappa shape index (κ1) is 12.8. The Labute approximate surface area is 117 Å². The molecule has 1 heterocycles. The minimum Gasteiger partial charge on any atom is -0.392 e. The summed E-state index contributed by atoms with van der Waals surface area (Å²) in [5, 5.41) is 9.23. The number of aliphatic hydroxyl groups is 1. The zero-order valence-electron chi connectivity index (χ0n) is 11.1. The second kappa shape index (κ2) is 5.06. The molecule has 4 heteroatoms. The van der Waals surface area contributed by atoms with Crippen molar-refractivity contribution >= 4 is 5.91 Å². The molecule has 3 rings (SSSR count). The fraction of sp³-hybridized carbons (Fsp3) is 0.250. The summed E-state index contributed by atoms with van der Waals surface area (Å²) in [7, 11) is 0. The number of pyridine rings is 1. The first-order valence-electron chi connectivity index (χ1n) is 6.72. The van der Waals surface area contributed by atoms with Crippen molar-refractivity contribution in [2.45, 2.75) is 25.9 Å². The second-order valence-electron chi connectivity index (χ2n) is 5.07. The van der Waals surface area contributed by atoms with E-state index < -0.39 is 5.91 Å². The summed E-state index contributed by atoms with van der Waals surface area (Å²) in [5.41, 5.74) is 10.4. The van der Waals surface area contributed by atoms with E-state index >= 15 is 0 Å². The number of nitrogens with two attached hydrogens (primary N) is 1. The summed E-state index contributed by atoms with van der Waals surface area (Å²) >= 11 is 0. The number of benzene rings is 1. The normalized spacial score (nSPS) is 13.2. The van der Waals surface area contributed by atoms with E-state index in [2.05, 4.69) is 4.98 Å². The standard InChI is InChI=1S/C16H16N2O2/c17-16(20)13-8-11-4-2-6-14(11)18-15(13)12-5-1-3-10(7-12)9-19/h1,3,5,7-8,19H,2,4,6,9H2,(H2,17,20). The van der Waals surface area contributed by atoms with Crippen molar-refractivity contribution in [3.05, 3.63) is 52.7 Å². The third kappa shape index (κ3) is 2.18. The van der Waals surface area contributed by atoms with Gasteiger partial charge in [-0.05, 0) is 42.5 Å². The van der Waals surface area contributed by atoms with Crippen LogP contribution in [0.2, 0.25) is 0 Å². The number of rotatable bonds is 3. The summed E-state index contributed by atoms with van der Waals surface area (Å²) in [6.45, 7) is -0.0370. The summed E-state index contributed by atoms with van der Waals surface area (Å²) in [4.78, 5) is 16.3. The van der Waals surface area contributed by atoms with Gasteiger partial charge in [-0.3, -0.25) is 9.78 Å². The average molecular weight is 268 g/mol. The molecule has 102 valence electrons. The number of fused-ring (bicyclic) bond motifs is 1. The van der Waals surface area contributed by atoms with Gasteiger partial charge in [-0.1, -0.05) is 18.2 Å². The Morgan fingerprint density at radius 1 is 1.30 bits per heavy atom. The van der Waals surface area contributed by atoms with Crippen LogP contribution in [0, 0.1) is 0 Å². The van der Waals surface area contributed by atoms with Gasteiger partial charge in [0.1, 0.15) is 0 Å². The molecule has 1 aromatic heterocycles. The highest BCUT2D eigenvalue weighted by Crippen LogP contribution is 2.29. The fourth-order valence-corrected chi connectivity index (χ4v) is 2.70. The van der Waals surface area contributed by atoms with Gasteiger partial charge in [0.05, 0.1) is 17.9 Å². The Bertz CT molecular complexity index is 680. The van der Waals surface area contributed by atoms with Crippen molar-refractivity contribution in [3.63, 3.8) is 0 Å². The molecule has 0 atom stereocenters. The summed E-state index contributed by atoms with van der Waals surface area (Å²) in [5.74, 6) is -0.461. The summed E-state index contributed by atoms with van der Waals surface area (Å²) in [6.07, 6.45) is 2.97. The molecule has 0 fully saturated rings. The number of hydrogen-bond acceptors (Lipinski definition) is 3. The first-order chi connectivity index (χ1) is 9.69. The molecular formula is C16H16N2O2. The monoisotopic (exact) mass is 268 g/mol. The molecule has 1 amide bonds. The third-order valence-corrected chi connectivity index (χ3v) is 3.70. The number of primary amides is 1. The second-order valence-corrected chi connectivity index (χ2v) is 5.07. The van der Waals surface area contributed by atoms with Crippen LogP contribution in [0.15, 0.2) is 30.3 Å². The molecular weight excluding hydrogens is 252 g/mol. The van der Waals surface area contributed by atoms with Gasteiger partial charge in [-0.15, -0.1) is 0 Å². The van der Waals surface area contributed by atoms with Crippen LogP contribution in [0.1, 0.15) is 33.6 Å². The van der Waals surface area contributed by atoms with Crippen LogP contribution in [0.5, 0.6) is 0 Å². The molecule has 1 aliphatic carbocycles. The van der Waals surface area contributed by atoms with Crippen LogP contribution < -0.4 is 5.73 Å². The maximum atomic E-state index is 11.7. The van der Waals surface area contributed by atoms with E-state index in [1.54, 1.807) is 0 Å². The largest absolute Gasteiger partial charge is 0.392 e. The van der Waals surface area contributed by atoms with E-state index in [0.717, 1.165) is 41.6 Å². The van der Waals surface area contributed by atoms with Crippen molar-refractivity contribution in [1.82, 2.24) is 4.98 Å². The highest BCUT2D eigenvalue weighted by Gasteiger charge is 2.19. The maximum Gasteiger partial charge on any atom is 0.250 e. The molecule has 4 nitrogen and oxygen atoms in total. The molecule has 1 aliphatic rings. The van der Waals surface area contributed by atoms with Crippen LogP contribution in [0.25, 0.3) is 11.3 Å². The number of aromatic nitrogens is 1. The van der Waals surface area contributed by atoms with Gasteiger partial charge in [0.15, 0.2) is 0 Å². The topological polar surface area (TPSA) is 76.2 Å². The lowest BCUT2D eigenvalue weighted by atomic mass is 10.0. The Balaban J connectivity index is 2.18. The van der Waals surface area contributed by atoms with Crippen molar-refractivity contribution in [2.75, 3.05) is 0 Å². The number of nitrogens with zero attached hydrogens (tertiary/aromatic N) is 1. The van der Waals surface area contributed by atoms with E-state index in [1.807, 2.05) is 30.3 Å². The molecule has 0 radical (unpaired) electrons. The Morgan fingerprint density at radius 2 is 2.15 bits per heavy atom. The number of aliphatic hydroxyl groups excluding tert-OH is 1. The van der Waals surface area contributed by atoms with E-state index in [-0.39, 0.29) is 6.61 Å². The number of carbonyl (C=O) groups excluding carboxylic acids is 1. The minimum atomic E-state index is -0.461. The van der Waals surface area contributed by atoms with Gasteiger partial charge in [-0.2, -0.15) is 0 Å². The van der Waals surface area contributed by atoms with E-state index in [9.17, 15) is 9.90 Å². The number of aryl methyl sites for hydroxylation is 2. The third-order valence-electron chi connectivity index (χ3n) is 3.70. The van der Waals surface area contributed by atoms with Gasteiger partial charge in [0, 0.05) is 11.3 Å². The van der Waals surface area contributed by atoms with Crippen molar-refractivity contribution < 1.29 is 9.90 Å². The smallest absolute Gasteiger partial charge is 0.250 e. The Kier molecular flexibility index (Phi) is 3.24. The van der Waals surface area contributed by atoms with E-state index in [4.69, 9.17) is 5.73 Å². The highest BCUT2D eigenvalue weighted by molar-refractivity contribution is 5.99. The Hall–Kier alpha value is -2.20. The van der Waals surface area contributed by atoms with Gasteiger partial charge in [0.2, 0.25) is 0 Å². The quantitative estimate of drug-likeness (QED) is 0.891. The summed E-state index contributed by atoms with van der Waals surface area (Å²) in [6, 6.07) is 9.28. The number of amides is 1. The van der Waals surface area contributed by atoms with Crippen molar-refractivity contribution in [3.8, 4) is 11.3 Å². The lowest BCUT2D eigenvalue weighted by Crippen LogP contribution is -2.14. The van der Waals surface area contributed by atoms with Crippen LogP contribution in [-0.2, 0) is 19.4 Å². The van der Waals surface area contributed by atoms with Crippen LogP contribution in [0.3, 0.4) is 0 Å². The zero-order chi connectivity index (χ0) is 14.1. The van der Waals surface area contributed by atoms with Gasteiger partial charge < -0.3 is 10.8 Å². The summed E-state index contributed by atoms with van der Waals surface area (Å²) < 4.78 is 0. The maximum absolute atomic E-state index is 11.7. The van der Waals surface area contributed by atoms with Gasteiger partial charge in [0.25, 0.3) is 5.91 Å². The average Bonchev–Trinajstić information content (AvgIpc) is 2.93. The van der Waals surface area contributed by atoms with Gasteiger partial charge >= 0.3 is 0 Å². The molecule has 20 heavy (non-hydrogen) atoms. The van der Waals surface area contributed by atoms with Crippen molar-refractivity contribution in [1.29, 1.82) is 0 Å². The zero-order valence-corrected chi connectivity index (χ0v) is 11.1. The van der Waals surface area contributed by atoms with Crippen molar-refractivity contribution in [2.24, 2.45) is 5.73 Å². The molecule has 0 spiro atoms. The first-order valence-corrected chi connectivity index (χ1v) is 6.72. The lowest BCUT2D eigenvalue weighted by molar-refractivity contribution is 0.100. The lowest BCUT2D eigenvalue weighted by Gasteiger charge is -2.10. The molecule has 0 saturated carbocycles. The number of carbonyl (C=O) groups is 1. The highest BCUT2D eigenvalue weighted by atomic mass is 16.3. The fourth-order valence-electron chi connectivity index (χ4n) is 2.70. The minimum absolute atomic E-state index is 0.0370. The van der Waals surface area contributed by atoms with Gasteiger partial charge in [-0.25, -0.2) is 0 Å². The molecule has 0 aliphatic heterocycles. The molecule has 3 N–H and O–H groups in total. The molecule has 0 unspecified atom stereocenters. The van der Waals surface area contributed by atoms with E-state index in [1.165, 1.54) is 0 Å². The number of hydrogen-bond donors (Lipinski definition) is 2. The van der Waals surface area contributed by atoms with Crippen LogP contribution >= 0.6 is 0 Å². The van der Waals surface area contributed by atoms with E-state index in [0.29, 0.717) is 11.3 Å². The predicted octanol–water partition coefficient (Wildman–Crippen LogP) is 1.83.